The molecule has 6 saturated carbocycles. The van der Waals surface area contributed by atoms with E-state index in [4.69, 9.17) is 9.47 Å². The average Bonchev–Trinajstić information content (AvgIpc) is 3.65. The molecule has 8 aliphatic carbocycles. The first kappa shape index (κ1) is 54.4. The van der Waals surface area contributed by atoms with Crippen LogP contribution in [0.3, 0.4) is 0 Å². The molecule has 3 N–H and O–H groups in total. The lowest BCUT2D eigenvalue weighted by Crippen LogP contribution is -2.77. The molecule has 4 aromatic rings. The number of hydrogen-bond donors (Lipinski definition) is 3. The summed E-state index contributed by atoms with van der Waals surface area (Å²) in [5, 5.41) is 45.5. The molecule has 14 rings (SSSR count). The highest BCUT2D eigenvalue weighted by molar-refractivity contribution is 5.93. The van der Waals surface area contributed by atoms with Gasteiger partial charge in [0.25, 0.3) is 0 Å². The summed E-state index contributed by atoms with van der Waals surface area (Å²) in [6.45, 7) is 7.08. The lowest BCUT2D eigenvalue weighted by molar-refractivity contribution is -0.331. The first-order valence-electron chi connectivity index (χ1n) is 32.8. The van der Waals surface area contributed by atoms with Gasteiger partial charge in [0.2, 0.25) is 0 Å². The van der Waals surface area contributed by atoms with E-state index in [2.05, 4.69) is 124 Å². The number of cyclic esters (lactones) is 1. The smallest absolute Gasteiger partial charge is 0.331 e. The number of aryl methyl sites for hydroxylation is 1. The van der Waals surface area contributed by atoms with E-state index in [0.29, 0.717) is 49.4 Å². The molecule has 7 nitrogen and oxygen atoms in total. The fourth-order valence-electron chi connectivity index (χ4n) is 22.3. The molecule has 7 heteroatoms. The van der Waals surface area contributed by atoms with E-state index in [-0.39, 0.29) is 65.4 Å². The van der Waals surface area contributed by atoms with Crippen molar-refractivity contribution in [2.45, 2.75) is 216 Å². The Morgan fingerprint density at radius 3 is 2.36 bits per heavy atom. The first-order valence-corrected chi connectivity index (χ1v) is 32.8. The third-order valence-corrected chi connectivity index (χ3v) is 25.8. The minimum absolute atomic E-state index is 0.00366. The summed E-state index contributed by atoms with van der Waals surface area (Å²) in [6.07, 6.45) is 25.0. The van der Waals surface area contributed by atoms with Gasteiger partial charge in [0, 0.05) is 23.3 Å². The quantitative estimate of drug-likeness (QED) is 0.101. The molecule has 10 aliphatic rings. The van der Waals surface area contributed by atoms with Crippen molar-refractivity contribution in [1.29, 1.82) is 0 Å². The monoisotopic (exact) mass is 1090 g/mol. The maximum atomic E-state index is 15.3. The highest BCUT2D eigenvalue weighted by atomic mass is 16.5. The predicted molar refractivity (Wildman–Crippen MR) is 319 cm³/mol. The first-order chi connectivity index (χ1) is 39.3. The number of esters is 2. The van der Waals surface area contributed by atoms with Gasteiger partial charge in [-0.1, -0.05) is 156 Å². The van der Waals surface area contributed by atoms with E-state index in [1.54, 1.807) is 33.7 Å². The van der Waals surface area contributed by atoms with Gasteiger partial charge in [-0.15, -0.1) is 0 Å². The van der Waals surface area contributed by atoms with E-state index < -0.39 is 46.6 Å². The molecule has 19 unspecified atom stereocenters. The molecule has 6 fully saturated rings. The Kier molecular flexibility index (Phi) is 14.0. The Hall–Kier alpha value is -4.56. The maximum Gasteiger partial charge on any atom is 0.331 e. The number of aliphatic hydroxyl groups excluding tert-OH is 2. The van der Waals surface area contributed by atoms with Gasteiger partial charge in [-0.2, -0.15) is 0 Å². The summed E-state index contributed by atoms with van der Waals surface area (Å²) < 4.78 is 12.7. The summed E-state index contributed by atoms with van der Waals surface area (Å²) in [6, 6.07) is 34.7. The van der Waals surface area contributed by atoms with Gasteiger partial charge < -0.3 is 24.8 Å². The number of ether oxygens (including phenoxy) is 2. The lowest BCUT2D eigenvalue weighted by atomic mass is 9.36. The molecule has 0 aromatic heterocycles. The standard InChI is InChI=1S/C74H92O7/c1-46(16-14-19-48-17-6-4-7-18-48)40-52-28-27-50-20-10-11-24-56(50)69(78)81-61-41-47(2)73(79,39-31-49-42-63(76)80-45-49)74(68(52)77)62(75)34-36-70(3,67(61)74)55-33-38-71-37-32-53-44-72(54-22-8-5-9-23-54)35-13-12-26-59(72)58-30-29-51-21-15-25-57(60(71)43-55)64(51)65(58)66(53)71/h4-9,15,17-18,21-23,25,27-30,42,46-47,50,52-53,55-56,59-62,66-68,75,77,79H,10-14,16,19-20,24,26,31-41,43-45H2,1-3H3. The van der Waals surface area contributed by atoms with Crippen LogP contribution in [0, 0.1) is 63.6 Å². The minimum atomic E-state index is -1.58. The normalized spacial score (nSPS) is 41.7. The SMILES string of the molecule is CC(CCCc1ccccc1)CC1C=CC2CCCCC2C(=O)OC2CC(C)C(O)(CCC3=CC(=O)OC3)C3(C(O)CCC(C)(C4CCC56CCC7CC8(c9ccccc9)CCCCC8c8ccc9cccc(c9c8C75)C6C4)C23)C1O. The second-order valence-corrected chi connectivity index (χ2v) is 29.3. The number of carbonyl (C=O) groups excluding carboxylic acids is 2. The van der Waals surface area contributed by atoms with Crippen LogP contribution in [-0.4, -0.2) is 57.8 Å². The molecule has 2 aliphatic heterocycles. The van der Waals surface area contributed by atoms with Crippen LogP contribution in [0.1, 0.15) is 208 Å². The van der Waals surface area contributed by atoms with Crippen LogP contribution < -0.4 is 0 Å². The Morgan fingerprint density at radius 2 is 1.54 bits per heavy atom. The van der Waals surface area contributed by atoms with Crippen molar-refractivity contribution in [3.05, 3.63) is 143 Å². The molecule has 0 saturated heterocycles. The maximum absolute atomic E-state index is 15.3. The highest BCUT2D eigenvalue weighted by Crippen LogP contribution is 2.77. The molecular formula is C74H92O7. The Balaban J connectivity index is 0.896. The summed E-state index contributed by atoms with van der Waals surface area (Å²) in [4.78, 5) is 28.0. The van der Waals surface area contributed by atoms with Crippen LogP contribution in [0.5, 0.6) is 0 Å². The van der Waals surface area contributed by atoms with E-state index in [1.165, 1.54) is 55.9 Å². The number of hydrogen-bond acceptors (Lipinski definition) is 7. The van der Waals surface area contributed by atoms with Gasteiger partial charge in [-0.05, 0) is 218 Å². The van der Waals surface area contributed by atoms with E-state index in [9.17, 15) is 20.1 Å². The van der Waals surface area contributed by atoms with Crippen LogP contribution in [-0.2, 0) is 30.9 Å². The fraction of sp³-hybridized carbons (Fsp3) is 0.622. The van der Waals surface area contributed by atoms with Crippen LogP contribution in [0.25, 0.3) is 10.8 Å². The molecule has 4 aromatic carbocycles. The third-order valence-electron chi connectivity index (χ3n) is 25.8. The van der Waals surface area contributed by atoms with Crippen LogP contribution in [0.4, 0.5) is 0 Å². The largest absolute Gasteiger partial charge is 0.462 e. The van der Waals surface area contributed by atoms with Crippen LogP contribution in [0.15, 0.2) is 115 Å². The zero-order valence-electron chi connectivity index (χ0n) is 48.9. The van der Waals surface area contributed by atoms with E-state index in [1.807, 2.05) is 0 Å². The zero-order chi connectivity index (χ0) is 55.5. The minimum Gasteiger partial charge on any atom is -0.462 e. The van der Waals surface area contributed by atoms with Crippen molar-refractivity contribution in [1.82, 2.24) is 0 Å². The Morgan fingerprint density at radius 1 is 0.753 bits per heavy atom. The predicted octanol–water partition coefficient (Wildman–Crippen LogP) is 15.3. The number of fused-ring (bicyclic) bond motifs is 4. The number of allylic oxidation sites excluding steroid dienone is 1. The second kappa shape index (κ2) is 20.9. The molecule has 19 atom stereocenters. The van der Waals surface area contributed by atoms with Crippen molar-refractivity contribution >= 4 is 22.7 Å². The molecule has 0 amide bonds. The van der Waals surface area contributed by atoms with Crippen molar-refractivity contribution in [3.8, 4) is 0 Å². The summed E-state index contributed by atoms with van der Waals surface area (Å²) in [7, 11) is 0. The number of benzene rings is 4. The molecular weight excluding hydrogens is 1000 g/mol. The molecule has 2 heterocycles. The molecule has 2 bridgehead atoms. The van der Waals surface area contributed by atoms with Gasteiger partial charge in [0.1, 0.15) is 12.7 Å². The van der Waals surface area contributed by atoms with Crippen molar-refractivity contribution in [2.75, 3.05) is 6.61 Å². The van der Waals surface area contributed by atoms with Crippen molar-refractivity contribution < 1.29 is 34.4 Å². The molecule has 430 valence electrons. The highest BCUT2D eigenvalue weighted by Gasteiger charge is 2.76. The van der Waals surface area contributed by atoms with Crippen molar-refractivity contribution in [2.24, 2.45) is 63.6 Å². The second-order valence-electron chi connectivity index (χ2n) is 29.3. The average molecular weight is 1090 g/mol. The number of rotatable bonds is 11. The zero-order valence-corrected chi connectivity index (χ0v) is 48.9. The summed E-state index contributed by atoms with van der Waals surface area (Å²) in [5.74, 6) is 0.257. The Labute approximate surface area is 483 Å². The summed E-state index contributed by atoms with van der Waals surface area (Å²) in [5.41, 5.74) is 5.30. The van der Waals surface area contributed by atoms with Crippen LogP contribution >= 0.6 is 0 Å². The van der Waals surface area contributed by atoms with E-state index in [0.717, 1.165) is 76.2 Å². The van der Waals surface area contributed by atoms with Gasteiger partial charge in [-0.3, -0.25) is 4.79 Å². The topological polar surface area (TPSA) is 113 Å². The van der Waals surface area contributed by atoms with Crippen molar-refractivity contribution in [3.63, 3.8) is 0 Å². The van der Waals surface area contributed by atoms with Gasteiger partial charge in [0.05, 0.1) is 29.1 Å². The molecule has 1 spiro atoms. The summed E-state index contributed by atoms with van der Waals surface area (Å²) >= 11 is 0. The van der Waals surface area contributed by atoms with Gasteiger partial charge in [-0.25, -0.2) is 4.79 Å². The number of carbonyl (C=O) groups is 2. The van der Waals surface area contributed by atoms with E-state index >= 15 is 4.79 Å². The fourth-order valence-corrected chi connectivity index (χ4v) is 22.3. The Bertz CT molecular complexity index is 3070. The molecule has 0 radical (unpaired) electrons. The lowest BCUT2D eigenvalue weighted by Gasteiger charge is -2.71. The van der Waals surface area contributed by atoms with Crippen LogP contribution in [0.2, 0.25) is 0 Å². The van der Waals surface area contributed by atoms with Gasteiger partial charge >= 0.3 is 11.9 Å². The molecule has 81 heavy (non-hydrogen) atoms. The van der Waals surface area contributed by atoms with Gasteiger partial charge in [0.15, 0.2) is 0 Å². The number of aliphatic hydroxyl groups is 3. The third kappa shape index (κ3) is 8.45.